The number of likely N-dealkylation sites (tertiary alicyclic amines) is 1. The monoisotopic (exact) mass is 524 g/mol. The van der Waals surface area contributed by atoms with E-state index in [0.29, 0.717) is 55.3 Å². The third kappa shape index (κ3) is 4.29. The maximum absolute atomic E-state index is 12.9. The number of fused-ring (bicyclic) bond motifs is 3. The average Bonchev–Trinajstić information content (AvgIpc) is 3.14. The first-order valence-electron chi connectivity index (χ1n) is 13.3. The molecule has 4 aliphatic rings. The van der Waals surface area contributed by atoms with Crippen LogP contribution in [0.3, 0.4) is 0 Å². The highest BCUT2D eigenvalue weighted by Crippen LogP contribution is 2.46. The number of nitrogens with zero attached hydrogens (tertiary/aromatic N) is 3. The van der Waals surface area contributed by atoms with Crippen molar-refractivity contribution in [1.29, 1.82) is 0 Å². The minimum absolute atomic E-state index is 0.0168. The molecule has 0 atom stereocenters. The fourth-order valence-electron chi connectivity index (χ4n) is 6.44. The molecule has 1 aliphatic carbocycles. The molecule has 0 unspecified atom stereocenters. The van der Waals surface area contributed by atoms with E-state index in [-0.39, 0.29) is 17.9 Å². The van der Waals surface area contributed by atoms with Crippen LogP contribution in [-0.2, 0) is 21.4 Å². The quantitative estimate of drug-likeness (QED) is 0.598. The molecule has 9 heteroatoms. The first-order valence-corrected chi connectivity index (χ1v) is 13.7. The van der Waals surface area contributed by atoms with Gasteiger partial charge in [-0.05, 0) is 87.0 Å². The number of hydrogen-bond acceptors (Lipinski definition) is 6. The Balaban J connectivity index is 1.04. The number of anilines is 2. The Morgan fingerprint density at radius 1 is 1.19 bits per heavy atom. The molecule has 2 aromatic rings. The van der Waals surface area contributed by atoms with Gasteiger partial charge in [-0.25, -0.2) is 4.98 Å². The van der Waals surface area contributed by atoms with Crippen LogP contribution in [-0.4, -0.2) is 64.7 Å². The molecule has 2 amide bonds. The Hall–Kier alpha value is -2.68. The molecular weight excluding hydrogens is 492 g/mol. The summed E-state index contributed by atoms with van der Waals surface area (Å²) in [6.07, 6.45) is 6.22. The van der Waals surface area contributed by atoms with Gasteiger partial charge in [-0.3, -0.25) is 19.4 Å². The molecule has 6 rings (SSSR count). The molecule has 2 N–H and O–H groups in total. The number of benzene rings is 1. The van der Waals surface area contributed by atoms with Gasteiger partial charge >= 0.3 is 0 Å². The number of aromatic nitrogens is 1. The van der Waals surface area contributed by atoms with Crippen LogP contribution in [0.25, 0.3) is 0 Å². The normalized spacial score (nSPS) is 26.5. The molecule has 1 aromatic heterocycles. The molecule has 37 heavy (non-hydrogen) atoms. The van der Waals surface area contributed by atoms with Gasteiger partial charge in [-0.2, -0.15) is 0 Å². The third-order valence-corrected chi connectivity index (χ3v) is 9.08. The molecular formula is C28H33ClN4O4. The van der Waals surface area contributed by atoms with Crippen molar-refractivity contribution in [2.75, 3.05) is 36.5 Å². The van der Waals surface area contributed by atoms with Crippen molar-refractivity contribution in [3.63, 3.8) is 0 Å². The zero-order valence-corrected chi connectivity index (χ0v) is 21.9. The molecule has 0 radical (unpaired) electrons. The molecule has 4 heterocycles. The smallest absolute Gasteiger partial charge is 0.235 e. The zero-order valence-electron chi connectivity index (χ0n) is 21.1. The second-order valence-electron chi connectivity index (χ2n) is 11.0. The summed E-state index contributed by atoms with van der Waals surface area (Å²) in [5.41, 5.74) is 1.78. The van der Waals surface area contributed by atoms with Crippen molar-refractivity contribution in [2.24, 2.45) is 0 Å². The standard InChI is InChI=1S/C28H33ClN4O4/c1-2-27(36)15-20(16-27)33-24(34)6-3-18-13-21(17-30-25(18)33)37-12-11-32-9-7-28(8-10-32)22-14-19(29)4-5-23(22)31-26(28)35/h4-5,13-14,17,20,36H,2-3,6-12,15-16H2,1H3,(H,31,35)/t20-,27-. The maximum atomic E-state index is 12.9. The van der Waals surface area contributed by atoms with Gasteiger partial charge < -0.3 is 15.2 Å². The maximum Gasteiger partial charge on any atom is 0.235 e. The molecule has 3 aliphatic heterocycles. The molecule has 1 saturated heterocycles. The molecule has 2 fully saturated rings. The van der Waals surface area contributed by atoms with E-state index < -0.39 is 11.0 Å². The predicted octanol–water partition coefficient (Wildman–Crippen LogP) is 3.68. The number of ether oxygens (including phenoxy) is 1. The number of pyridine rings is 1. The summed E-state index contributed by atoms with van der Waals surface area (Å²) in [4.78, 5) is 34.2. The van der Waals surface area contributed by atoms with Gasteiger partial charge in [0.25, 0.3) is 0 Å². The largest absolute Gasteiger partial charge is 0.491 e. The lowest BCUT2D eigenvalue weighted by Crippen LogP contribution is -2.58. The van der Waals surface area contributed by atoms with Gasteiger partial charge in [0.1, 0.15) is 18.2 Å². The number of aliphatic hydroxyl groups is 1. The van der Waals surface area contributed by atoms with E-state index in [9.17, 15) is 14.7 Å². The number of piperidine rings is 1. The Morgan fingerprint density at radius 3 is 2.73 bits per heavy atom. The van der Waals surface area contributed by atoms with Crippen LogP contribution in [0.15, 0.2) is 30.5 Å². The number of carbonyl (C=O) groups is 2. The molecule has 1 spiro atoms. The van der Waals surface area contributed by atoms with Crippen LogP contribution in [0.4, 0.5) is 11.5 Å². The zero-order chi connectivity index (χ0) is 25.8. The van der Waals surface area contributed by atoms with Crippen LogP contribution >= 0.6 is 11.6 Å². The van der Waals surface area contributed by atoms with Crippen LogP contribution in [0, 0.1) is 0 Å². The van der Waals surface area contributed by atoms with Crippen molar-refractivity contribution in [3.05, 3.63) is 46.6 Å². The number of rotatable bonds is 6. The second kappa shape index (κ2) is 9.26. The minimum atomic E-state index is -0.655. The molecule has 1 saturated carbocycles. The van der Waals surface area contributed by atoms with Crippen molar-refractivity contribution in [3.8, 4) is 5.75 Å². The molecule has 1 aromatic carbocycles. The molecule has 8 nitrogen and oxygen atoms in total. The summed E-state index contributed by atoms with van der Waals surface area (Å²) in [6, 6.07) is 7.66. The van der Waals surface area contributed by atoms with Crippen LogP contribution in [0.2, 0.25) is 5.02 Å². The Morgan fingerprint density at radius 2 is 1.97 bits per heavy atom. The number of nitrogens with one attached hydrogen (secondary N) is 1. The van der Waals surface area contributed by atoms with Crippen molar-refractivity contribution < 1.29 is 19.4 Å². The topological polar surface area (TPSA) is 95.0 Å². The summed E-state index contributed by atoms with van der Waals surface area (Å²) in [5.74, 6) is 1.58. The Kier molecular flexibility index (Phi) is 6.17. The van der Waals surface area contributed by atoms with Crippen LogP contribution < -0.4 is 15.0 Å². The number of amides is 2. The first kappa shape index (κ1) is 24.6. The Labute approximate surface area is 221 Å². The molecule has 196 valence electrons. The average molecular weight is 525 g/mol. The van der Waals surface area contributed by atoms with Gasteiger partial charge in [0, 0.05) is 29.7 Å². The van der Waals surface area contributed by atoms with Crippen LogP contribution in [0.1, 0.15) is 56.6 Å². The van der Waals surface area contributed by atoms with E-state index in [0.717, 1.165) is 49.3 Å². The Bertz CT molecular complexity index is 1240. The summed E-state index contributed by atoms with van der Waals surface area (Å²) in [6.45, 7) is 4.89. The summed E-state index contributed by atoms with van der Waals surface area (Å²) in [5, 5.41) is 14.1. The van der Waals surface area contributed by atoms with Gasteiger partial charge in [0.05, 0.1) is 17.2 Å². The van der Waals surface area contributed by atoms with Gasteiger partial charge in [-0.1, -0.05) is 18.5 Å². The van der Waals surface area contributed by atoms with E-state index in [2.05, 4.69) is 15.2 Å². The van der Waals surface area contributed by atoms with E-state index in [1.54, 1.807) is 11.1 Å². The fourth-order valence-corrected chi connectivity index (χ4v) is 6.61. The van der Waals surface area contributed by atoms with Gasteiger partial charge in [0.2, 0.25) is 11.8 Å². The lowest BCUT2D eigenvalue weighted by atomic mass is 9.73. The molecule has 0 bridgehead atoms. The van der Waals surface area contributed by atoms with Gasteiger partial charge in [0.15, 0.2) is 0 Å². The summed E-state index contributed by atoms with van der Waals surface area (Å²) in [7, 11) is 0. The number of hydrogen-bond donors (Lipinski definition) is 2. The van der Waals surface area contributed by atoms with E-state index in [1.165, 1.54) is 0 Å². The minimum Gasteiger partial charge on any atom is -0.491 e. The first-order chi connectivity index (χ1) is 17.8. The predicted molar refractivity (Wildman–Crippen MR) is 141 cm³/mol. The van der Waals surface area contributed by atoms with Crippen LogP contribution in [0.5, 0.6) is 5.75 Å². The van der Waals surface area contributed by atoms with Gasteiger partial charge in [-0.15, -0.1) is 0 Å². The second-order valence-corrected chi connectivity index (χ2v) is 11.4. The SMILES string of the molecule is CC[C@]1(O)C[C@H](N2C(=O)CCc3cc(OCCN4CCC5(CC4)C(=O)Nc4ccc(Cl)cc45)cnc32)C1. The number of halogens is 1. The van der Waals surface area contributed by atoms with Crippen molar-refractivity contribution in [2.45, 2.75) is 68.9 Å². The number of aryl methyl sites for hydroxylation is 1. The summed E-state index contributed by atoms with van der Waals surface area (Å²) >= 11 is 6.23. The summed E-state index contributed by atoms with van der Waals surface area (Å²) < 4.78 is 6.05. The fraction of sp³-hybridized carbons (Fsp3) is 0.536. The van der Waals surface area contributed by atoms with E-state index in [4.69, 9.17) is 16.3 Å². The van der Waals surface area contributed by atoms with E-state index in [1.807, 2.05) is 31.2 Å². The van der Waals surface area contributed by atoms with E-state index >= 15 is 0 Å². The highest BCUT2D eigenvalue weighted by Gasteiger charge is 2.49. The highest BCUT2D eigenvalue weighted by molar-refractivity contribution is 6.31. The highest BCUT2D eigenvalue weighted by atomic mass is 35.5. The van der Waals surface area contributed by atoms with Crippen molar-refractivity contribution in [1.82, 2.24) is 9.88 Å². The van der Waals surface area contributed by atoms with Crippen molar-refractivity contribution >= 4 is 34.9 Å². The lowest BCUT2D eigenvalue weighted by Gasteiger charge is -2.49. The third-order valence-electron chi connectivity index (χ3n) is 8.84. The lowest BCUT2D eigenvalue weighted by molar-refractivity contribution is -0.123. The number of carbonyl (C=O) groups excluding carboxylic acids is 2.